The highest BCUT2D eigenvalue weighted by Crippen LogP contribution is 2.34. The normalized spacial score (nSPS) is 17.2. The van der Waals surface area contributed by atoms with Crippen molar-refractivity contribution < 1.29 is 26.7 Å². The number of halogens is 2. The van der Waals surface area contributed by atoms with E-state index >= 15 is 0 Å². The molecule has 7 nitrogen and oxygen atoms in total. The maximum atomic E-state index is 12.8. The smallest absolute Gasteiger partial charge is 0.333 e. The number of alkyl halides is 2. The zero-order valence-electron chi connectivity index (χ0n) is 13.6. The van der Waals surface area contributed by atoms with Crippen molar-refractivity contribution in [3.8, 4) is 11.5 Å². The number of ether oxygens (including phenoxy) is 2. The summed E-state index contributed by atoms with van der Waals surface area (Å²) in [6.07, 6.45) is 1.32. The van der Waals surface area contributed by atoms with Crippen molar-refractivity contribution in [3.63, 3.8) is 0 Å². The van der Waals surface area contributed by atoms with Gasteiger partial charge in [0.2, 0.25) is 10.0 Å². The van der Waals surface area contributed by atoms with Gasteiger partial charge in [0, 0.05) is 0 Å². The zero-order valence-corrected chi connectivity index (χ0v) is 14.4. The van der Waals surface area contributed by atoms with E-state index in [4.69, 9.17) is 9.47 Å². The van der Waals surface area contributed by atoms with Gasteiger partial charge in [-0.3, -0.25) is 0 Å². The van der Waals surface area contributed by atoms with Gasteiger partial charge in [-0.1, -0.05) is 12.1 Å². The Labute approximate surface area is 143 Å². The second-order valence-electron chi connectivity index (χ2n) is 5.60. The first-order valence-corrected chi connectivity index (χ1v) is 8.95. The maximum Gasteiger partial charge on any atom is 0.333 e. The number of rotatable bonds is 5. The van der Waals surface area contributed by atoms with E-state index in [2.05, 4.69) is 9.82 Å². The van der Waals surface area contributed by atoms with E-state index in [1.165, 1.54) is 14.0 Å². The van der Waals surface area contributed by atoms with Gasteiger partial charge in [0.1, 0.15) is 11.5 Å². The molecule has 1 aliphatic heterocycles. The number of aromatic nitrogens is 2. The van der Waals surface area contributed by atoms with Gasteiger partial charge in [0.15, 0.2) is 11.5 Å². The van der Waals surface area contributed by atoms with E-state index in [1.54, 1.807) is 12.1 Å². The Kier molecular flexibility index (Phi) is 4.65. The van der Waals surface area contributed by atoms with E-state index in [1.807, 2.05) is 6.07 Å². The molecule has 1 aromatic carbocycles. The van der Waals surface area contributed by atoms with Gasteiger partial charge >= 0.3 is 6.55 Å². The first-order chi connectivity index (χ1) is 11.8. The molecule has 2 aromatic rings. The molecule has 0 spiro atoms. The number of para-hydroxylation sites is 1. The van der Waals surface area contributed by atoms with Crippen molar-refractivity contribution >= 4 is 10.0 Å². The summed E-state index contributed by atoms with van der Waals surface area (Å²) in [6, 6.07) is 4.83. The van der Waals surface area contributed by atoms with Gasteiger partial charge in [0.05, 0.1) is 25.0 Å². The molecule has 0 unspecified atom stereocenters. The van der Waals surface area contributed by atoms with Crippen molar-refractivity contribution in [1.82, 2.24) is 14.5 Å². The molecule has 1 atom stereocenters. The summed E-state index contributed by atoms with van der Waals surface area (Å²) in [5.41, 5.74) is 0.680. The molecule has 1 aromatic heterocycles. The lowest BCUT2D eigenvalue weighted by Gasteiger charge is -2.27. The largest absolute Gasteiger partial charge is 0.493 e. The van der Waals surface area contributed by atoms with Crippen LogP contribution in [0, 0.1) is 6.92 Å². The molecule has 0 saturated heterocycles. The van der Waals surface area contributed by atoms with Crippen molar-refractivity contribution in [1.29, 1.82) is 0 Å². The number of fused-ring (bicyclic) bond motifs is 1. The van der Waals surface area contributed by atoms with E-state index in [9.17, 15) is 17.2 Å². The number of hydrogen-bond acceptors (Lipinski definition) is 5. The lowest BCUT2D eigenvalue weighted by Crippen LogP contribution is -2.42. The van der Waals surface area contributed by atoms with Crippen LogP contribution in [0.5, 0.6) is 11.5 Å². The van der Waals surface area contributed by atoms with Crippen molar-refractivity contribution in [2.24, 2.45) is 0 Å². The fourth-order valence-corrected chi connectivity index (χ4v) is 4.17. The van der Waals surface area contributed by atoms with Crippen molar-refractivity contribution in [2.45, 2.75) is 30.8 Å². The lowest BCUT2D eigenvalue weighted by molar-refractivity contribution is 0.0541. The Balaban J connectivity index is 1.81. The second kappa shape index (κ2) is 6.60. The Morgan fingerprint density at radius 2 is 2.20 bits per heavy atom. The minimum Gasteiger partial charge on any atom is -0.493 e. The molecule has 10 heteroatoms. The summed E-state index contributed by atoms with van der Waals surface area (Å²) in [5.74, 6) is 1.16. The van der Waals surface area contributed by atoms with Crippen LogP contribution in [0.1, 0.15) is 17.8 Å². The van der Waals surface area contributed by atoms with Crippen LogP contribution in [-0.4, -0.2) is 38.0 Å². The summed E-state index contributed by atoms with van der Waals surface area (Å²) in [6.45, 7) is -1.51. The van der Waals surface area contributed by atoms with Crippen LogP contribution in [-0.2, 0) is 16.4 Å². The quantitative estimate of drug-likeness (QED) is 0.865. The average molecular weight is 373 g/mol. The highest BCUT2D eigenvalue weighted by atomic mass is 32.2. The van der Waals surface area contributed by atoms with Gasteiger partial charge < -0.3 is 9.47 Å². The van der Waals surface area contributed by atoms with Gasteiger partial charge in [-0.15, -0.1) is 0 Å². The Morgan fingerprint density at radius 3 is 2.84 bits per heavy atom. The van der Waals surface area contributed by atoms with Gasteiger partial charge in [0.25, 0.3) is 0 Å². The summed E-state index contributed by atoms with van der Waals surface area (Å²) in [5, 5.41) is 3.43. The van der Waals surface area contributed by atoms with Crippen LogP contribution in [0.4, 0.5) is 8.78 Å². The van der Waals surface area contributed by atoms with E-state index in [-0.39, 0.29) is 17.2 Å². The number of benzene rings is 1. The summed E-state index contributed by atoms with van der Waals surface area (Å²) in [4.78, 5) is -0.274. The molecule has 0 bridgehead atoms. The predicted molar refractivity (Wildman–Crippen MR) is 84.5 cm³/mol. The van der Waals surface area contributed by atoms with Crippen LogP contribution < -0.4 is 14.2 Å². The minimum atomic E-state index is -4.00. The molecule has 25 heavy (non-hydrogen) atoms. The second-order valence-corrected chi connectivity index (χ2v) is 7.28. The molecule has 1 aliphatic rings. The summed E-state index contributed by atoms with van der Waals surface area (Å²) < 4.78 is 64.3. The van der Waals surface area contributed by atoms with Crippen LogP contribution in [0.2, 0.25) is 0 Å². The summed E-state index contributed by atoms with van der Waals surface area (Å²) in [7, 11) is -2.47. The fourth-order valence-electron chi connectivity index (χ4n) is 2.78. The molecule has 0 saturated carbocycles. The number of hydrogen-bond donors (Lipinski definition) is 1. The van der Waals surface area contributed by atoms with E-state index in [0.29, 0.717) is 22.6 Å². The third kappa shape index (κ3) is 3.31. The average Bonchev–Trinajstić information content (AvgIpc) is 2.96. The third-order valence-corrected chi connectivity index (χ3v) is 5.59. The molecular weight excluding hydrogens is 356 g/mol. The molecule has 1 N–H and O–H groups in total. The topological polar surface area (TPSA) is 82.4 Å². The van der Waals surface area contributed by atoms with E-state index < -0.39 is 22.6 Å². The molecule has 2 heterocycles. The zero-order chi connectivity index (χ0) is 18.2. The lowest BCUT2D eigenvalue weighted by atomic mass is 10.0. The Morgan fingerprint density at radius 1 is 1.44 bits per heavy atom. The Bertz CT molecular complexity index is 883. The minimum absolute atomic E-state index is 0.106. The SMILES string of the molecule is COc1cccc2c1OC[C@@H](NS(=O)(=O)c1cnn(C(F)F)c1C)C2. The highest BCUT2D eigenvalue weighted by Gasteiger charge is 2.29. The number of nitrogens with zero attached hydrogens (tertiary/aromatic N) is 2. The molecule has 0 aliphatic carbocycles. The highest BCUT2D eigenvalue weighted by molar-refractivity contribution is 7.89. The maximum absolute atomic E-state index is 12.8. The van der Waals surface area contributed by atoms with Gasteiger partial charge in [-0.2, -0.15) is 13.9 Å². The first-order valence-electron chi connectivity index (χ1n) is 7.46. The molecule has 3 rings (SSSR count). The molecule has 0 fully saturated rings. The van der Waals surface area contributed by atoms with Gasteiger partial charge in [-0.05, 0) is 25.0 Å². The van der Waals surface area contributed by atoms with Gasteiger partial charge in [-0.25, -0.2) is 17.8 Å². The van der Waals surface area contributed by atoms with Crippen LogP contribution >= 0.6 is 0 Å². The first kappa shape index (κ1) is 17.6. The molecule has 0 amide bonds. The monoisotopic (exact) mass is 373 g/mol. The Hall–Kier alpha value is -2.20. The number of nitrogens with one attached hydrogen (secondary N) is 1. The molecular formula is C15H17F2N3O4S. The molecule has 136 valence electrons. The van der Waals surface area contributed by atoms with Crippen molar-refractivity contribution in [2.75, 3.05) is 13.7 Å². The fraction of sp³-hybridized carbons (Fsp3) is 0.400. The predicted octanol–water partition coefficient (Wildman–Crippen LogP) is 1.88. The number of methoxy groups -OCH3 is 1. The number of sulfonamides is 1. The van der Waals surface area contributed by atoms with Crippen LogP contribution in [0.3, 0.4) is 0 Å². The van der Waals surface area contributed by atoms with Crippen LogP contribution in [0.15, 0.2) is 29.3 Å². The van der Waals surface area contributed by atoms with Crippen molar-refractivity contribution in [3.05, 3.63) is 35.7 Å². The summed E-state index contributed by atoms with van der Waals surface area (Å²) >= 11 is 0. The molecule has 0 radical (unpaired) electrons. The standard InChI is InChI=1S/C15H17F2N3O4S/c1-9-13(7-18-20(9)15(16)17)25(21,22)19-11-6-10-4-3-5-12(23-2)14(10)24-8-11/h3-5,7,11,15,19H,6,8H2,1-2H3/t11-/m0/s1. The third-order valence-electron chi connectivity index (χ3n) is 3.97. The van der Waals surface area contributed by atoms with Crippen LogP contribution in [0.25, 0.3) is 0 Å². The van der Waals surface area contributed by atoms with E-state index in [0.717, 1.165) is 11.8 Å².